The normalized spacial score (nSPS) is 8.00. The molecule has 0 aliphatic carbocycles. The largest absolute Gasteiger partial charge is 0.469 e. The predicted octanol–water partition coefficient (Wildman–Crippen LogP) is 1.53. The van der Waals surface area contributed by atoms with Crippen molar-refractivity contribution in [2.45, 2.75) is 33.6 Å². The zero-order valence-electron chi connectivity index (χ0n) is 8.75. The minimum atomic E-state index is -0.245. The number of methoxy groups -OCH3 is 1. The molecule has 0 aromatic rings. The fourth-order valence-electron chi connectivity index (χ4n) is 0.318. The van der Waals surface area contributed by atoms with Gasteiger partial charge in [0.25, 0.3) is 0 Å². The van der Waals surface area contributed by atoms with Gasteiger partial charge in [-0.05, 0) is 6.42 Å². The number of carbonyl (C=O) groups excluding carboxylic acids is 2. The van der Waals surface area contributed by atoms with Crippen LogP contribution in [0.2, 0.25) is 0 Å². The Bertz CT molecular complexity index is 143. The zero-order valence-corrected chi connectivity index (χ0v) is 8.75. The summed E-state index contributed by atoms with van der Waals surface area (Å²) in [7, 11) is 1.35. The van der Waals surface area contributed by atoms with E-state index in [1.165, 1.54) is 14.0 Å². The highest BCUT2D eigenvalue weighted by molar-refractivity contribution is 5.68. The Labute approximate surface area is 79.2 Å². The third-order valence-electron chi connectivity index (χ3n) is 1.04. The first-order valence-electron chi connectivity index (χ1n) is 4.28. The van der Waals surface area contributed by atoms with Gasteiger partial charge in [0.05, 0.1) is 13.7 Å². The molecule has 0 unspecified atom stereocenters. The van der Waals surface area contributed by atoms with E-state index in [2.05, 4.69) is 4.74 Å². The summed E-state index contributed by atoms with van der Waals surface area (Å²) in [5, 5.41) is 0. The van der Waals surface area contributed by atoms with Crippen molar-refractivity contribution >= 4 is 11.9 Å². The van der Waals surface area contributed by atoms with Crippen LogP contribution in [0.5, 0.6) is 0 Å². The standard InChI is InChI=1S/C6H12O2.C3H6O2/c1-3-5-8-6(7)4-2;1-3(4)5-2/h3-5H2,1-2H3;1-2H3. The molecule has 78 valence electrons. The molecule has 0 saturated heterocycles. The second-order valence-corrected chi connectivity index (χ2v) is 2.27. The Morgan fingerprint density at radius 3 is 1.92 bits per heavy atom. The molecule has 0 N–H and O–H groups in total. The molecule has 0 fully saturated rings. The maximum absolute atomic E-state index is 10.3. The number of carbonyl (C=O) groups is 2. The third-order valence-corrected chi connectivity index (χ3v) is 1.04. The lowest BCUT2D eigenvalue weighted by molar-refractivity contribution is -0.143. The van der Waals surface area contributed by atoms with Crippen molar-refractivity contribution in [2.75, 3.05) is 13.7 Å². The van der Waals surface area contributed by atoms with E-state index in [9.17, 15) is 9.59 Å². The molecule has 0 aliphatic rings. The summed E-state index contributed by atoms with van der Waals surface area (Å²) in [5.41, 5.74) is 0. The Balaban J connectivity index is 0. The van der Waals surface area contributed by atoms with E-state index in [4.69, 9.17) is 4.74 Å². The lowest BCUT2D eigenvalue weighted by Crippen LogP contribution is -2.02. The van der Waals surface area contributed by atoms with Crippen molar-refractivity contribution in [2.24, 2.45) is 0 Å². The number of hydrogen-bond acceptors (Lipinski definition) is 4. The van der Waals surface area contributed by atoms with Crippen LogP contribution < -0.4 is 0 Å². The second-order valence-electron chi connectivity index (χ2n) is 2.27. The van der Waals surface area contributed by atoms with Gasteiger partial charge in [0.2, 0.25) is 0 Å². The summed E-state index contributed by atoms with van der Waals surface area (Å²) in [4.78, 5) is 19.9. The van der Waals surface area contributed by atoms with Crippen LogP contribution in [0.25, 0.3) is 0 Å². The van der Waals surface area contributed by atoms with Crippen molar-refractivity contribution in [1.29, 1.82) is 0 Å². The average Bonchev–Trinajstić information content (AvgIpc) is 2.15. The van der Waals surface area contributed by atoms with Crippen LogP contribution in [0, 0.1) is 0 Å². The van der Waals surface area contributed by atoms with Crippen LogP contribution in [0.15, 0.2) is 0 Å². The van der Waals surface area contributed by atoms with E-state index >= 15 is 0 Å². The molecular formula is C9H18O4. The highest BCUT2D eigenvalue weighted by Gasteiger charge is 1.93. The summed E-state index contributed by atoms with van der Waals surface area (Å²) >= 11 is 0. The number of rotatable bonds is 3. The van der Waals surface area contributed by atoms with Gasteiger partial charge >= 0.3 is 11.9 Å². The SMILES string of the molecule is CCCOC(=O)CC.COC(C)=O. The van der Waals surface area contributed by atoms with E-state index in [1.807, 2.05) is 6.92 Å². The Kier molecular flexibility index (Phi) is 12.2. The smallest absolute Gasteiger partial charge is 0.305 e. The maximum Gasteiger partial charge on any atom is 0.305 e. The molecule has 13 heavy (non-hydrogen) atoms. The molecule has 0 spiro atoms. The second kappa shape index (κ2) is 10.9. The third kappa shape index (κ3) is 18.2. The van der Waals surface area contributed by atoms with E-state index in [0.717, 1.165) is 6.42 Å². The minimum Gasteiger partial charge on any atom is -0.469 e. The molecule has 0 aromatic carbocycles. The molecule has 0 atom stereocenters. The Morgan fingerprint density at radius 2 is 1.69 bits per heavy atom. The van der Waals surface area contributed by atoms with Crippen LogP contribution in [0.4, 0.5) is 0 Å². The first-order valence-corrected chi connectivity index (χ1v) is 4.28. The molecule has 4 heteroatoms. The van der Waals surface area contributed by atoms with Crippen LogP contribution in [0.1, 0.15) is 33.6 Å². The van der Waals surface area contributed by atoms with Crippen molar-refractivity contribution < 1.29 is 19.1 Å². The summed E-state index contributed by atoms with van der Waals surface area (Å²) in [6, 6.07) is 0. The van der Waals surface area contributed by atoms with E-state index in [-0.39, 0.29) is 11.9 Å². The lowest BCUT2D eigenvalue weighted by Gasteiger charge is -1.97. The van der Waals surface area contributed by atoms with E-state index < -0.39 is 0 Å². The van der Waals surface area contributed by atoms with Gasteiger partial charge in [0, 0.05) is 13.3 Å². The minimum absolute atomic E-state index is 0.105. The van der Waals surface area contributed by atoms with Crippen molar-refractivity contribution in [3.8, 4) is 0 Å². The fourth-order valence-corrected chi connectivity index (χ4v) is 0.318. The summed E-state index contributed by atoms with van der Waals surface area (Å²) in [6.07, 6.45) is 1.39. The molecule has 0 aromatic heterocycles. The first kappa shape index (κ1) is 14.5. The van der Waals surface area contributed by atoms with Crippen molar-refractivity contribution in [1.82, 2.24) is 0 Å². The molecule has 0 saturated carbocycles. The van der Waals surface area contributed by atoms with Gasteiger partial charge < -0.3 is 9.47 Å². The van der Waals surface area contributed by atoms with Gasteiger partial charge in [0.15, 0.2) is 0 Å². The topological polar surface area (TPSA) is 52.6 Å². The van der Waals surface area contributed by atoms with Gasteiger partial charge in [-0.15, -0.1) is 0 Å². The van der Waals surface area contributed by atoms with E-state index in [0.29, 0.717) is 13.0 Å². The molecule has 0 bridgehead atoms. The van der Waals surface area contributed by atoms with Gasteiger partial charge in [0.1, 0.15) is 0 Å². The Morgan fingerprint density at radius 1 is 1.23 bits per heavy atom. The van der Waals surface area contributed by atoms with Crippen LogP contribution in [-0.2, 0) is 19.1 Å². The predicted molar refractivity (Wildman–Crippen MR) is 49.2 cm³/mol. The van der Waals surface area contributed by atoms with Crippen LogP contribution in [0.3, 0.4) is 0 Å². The zero-order chi connectivity index (χ0) is 10.7. The molecule has 0 heterocycles. The summed E-state index contributed by atoms with van der Waals surface area (Å²) < 4.78 is 8.81. The molecule has 0 radical (unpaired) electrons. The van der Waals surface area contributed by atoms with Gasteiger partial charge in [-0.1, -0.05) is 13.8 Å². The van der Waals surface area contributed by atoms with Crippen molar-refractivity contribution in [3.05, 3.63) is 0 Å². The Hall–Kier alpha value is -1.06. The highest BCUT2D eigenvalue weighted by atomic mass is 16.5. The number of ether oxygens (including phenoxy) is 2. The quantitative estimate of drug-likeness (QED) is 0.633. The van der Waals surface area contributed by atoms with E-state index in [1.54, 1.807) is 6.92 Å². The van der Waals surface area contributed by atoms with Crippen LogP contribution >= 0.6 is 0 Å². The molecular weight excluding hydrogens is 172 g/mol. The number of esters is 2. The highest BCUT2D eigenvalue weighted by Crippen LogP contribution is 1.85. The molecule has 0 amide bonds. The fraction of sp³-hybridized carbons (Fsp3) is 0.778. The average molecular weight is 190 g/mol. The van der Waals surface area contributed by atoms with Crippen molar-refractivity contribution in [3.63, 3.8) is 0 Å². The molecule has 4 nitrogen and oxygen atoms in total. The number of hydrogen-bond donors (Lipinski definition) is 0. The van der Waals surface area contributed by atoms with Gasteiger partial charge in [-0.2, -0.15) is 0 Å². The summed E-state index contributed by atoms with van der Waals surface area (Å²) in [6.45, 7) is 5.69. The molecule has 0 rings (SSSR count). The van der Waals surface area contributed by atoms with Gasteiger partial charge in [-0.25, -0.2) is 0 Å². The van der Waals surface area contributed by atoms with Crippen LogP contribution in [-0.4, -0.2) is 25.7 Å². The molecule has 0 aliphatic heterocycles. The first-order chi connectivity index (χ1) is 6.08. The van der Waals surface area contributed by atoms with Gasteiger partial charge in [-0.3, -0.25) is 9.59 Å². The monoisotopic (exact) mass is 190 g/mol. The maximum atomic E-state index is 10.3. The summed E-state index contributed by atoms with van der Waals surface area (Å²) in [5.74, 6) is -0.350. The lowest BCUT2D eigenvalue weighted by atomic mass is 10.5.